The van der Waals surface area contributed by atoms with E-state index in [1.165, 1.54) is 0 Å². The van der Waals surface area contributed by atoms with Gasteiger partial charge in [-0.25, -0.2) is 0 Å². The summed E-state index contributed by atoms with van der Waals surface area (Å²) in [6, 6.07) is 0. The number of esters is 1. The van der Waals surface area contributed by atoms with Crippen LogP contribution in [0.15, 0.2) is 29.1 Å². The summed E-state index contributed by atoms with van der Waals surface area (Å²) >= 11 is 0. The standard InChI is InChI=1S/C26H35NO7.C5H10O2/c1-15-11-19-18-7-6-16-12-17(28)8-9-25(16,2)24(18)20(29)13-26(19,3)23(15)21(30)14-33-22(31)5-4-10-34-27-32;1-2-3-4-5(6)7/h8-9,12,15,18-20,23-24,29H,4-7,10-11,13-14H2,1-3H3;2-4H2,1H3,(H,6,7). The van der Waals surface area contributed by atoms with Crippen LogP contribution in [0.2, 0.25) is 0 Å². The molecule has 0 aromatic carbocycles. The lowest BCUT2D eigenvalue weighted by atomic mass is 9.46. The van der Waals surface area contributed by atoms with Crippen LogP contribution in [0.4, 0.5) is 0 Å². The number of rotatable bonds is 11. The molecular weight excluding hydrogens is 530 g/mol. The maximum absolute atomic E-state index is 13.3. The molecular formula is C31H45NO9. The van der Waals surface area contributed by atoms with E-state index in [-0.39, 0.29) is 71.6 Å². The second-order valence-electron chi connectivity index (χ2n) is 12.6. The number of carbonyl (C=O) groups is 4. The van der Waals surface area contributed by atoms with Crippen molar-refractivity contribution in [1.29, 1.82) is 0 Å². The smallest absolute Gasteiger partial charge is 0.306 e. The maximum Gasteiger partial charge on any atom is 0.306 e. The Morgan fingerprint density at radius 2 is 1.90 bits per heavy atom. The molecule has 4 aliphatic rings. The highest BCUT2D eigenvalue weighted by atomic mass is 16.7. The number of aliphatic hydroxyl groups is 1. The lowest BCUT2D eigenvalue weighted by Crippen LogP contribution is -2.56. The summed E-state index contributed by atoms with van der Waals surface area (Å²) in [5, 5.41) is 21.8. The summed E-state index contributed by atoms with van der Waals surface area (Å²) in [7, 11) is 0. The normalized spacial score (nSPS) is 35.0. The minimum Gasteiger partial charge on any atom is -0.481 e. The molecule has 0 saturated heterocycles. The minimum atomic E-state index is -0.693. The van der Waals surface area contributed by atoms with Crippen LogP contribution in [-0.4, -0.2) is 53.0 Å². The molecule has 8 unspecified atom stereocenters. The highest BCUT2D eigenvalue weighted by Crippen LogP contribution is 2.67. The largest absolute Gasteiger partial charge is 0.481 e. The van der Waals surface area contributed by atoms with Gasteiger partial charge in [-0.2, -0.15) is 0 Å². The number of fused-ring (bicyclic) bond motifs is 5. The van der Waals surface area contributed by atoms with Crippen molar-refractivity contribution >= 4 is 23.5 Å². The second-order valence-corrected chi connectivity index (χ2v) is 12.6. The number of carboxylic acids is 1. The third-order valence-corrected chi connectivity index (χ3v) is 9.97. The van der Waals surface area contributed by atoms with Crippen LogP contribution in [-0.2, 0) is 28.8 Å². The predicted octanol–water partition coefficient (Wildman–Crippen LogP) is 4.98. The zero-order chi connectivity index (χ0) is 30.4. The fourth-order valence-corrected chi connectivity index (χ4v) is 8.34. The number of allylic oxidation sites excluding steroid dienone is 4. The van der Waals surface area contributed by atoms with Crippen LogP contribution in [0.5, 0.6) is 0 Å². The van der Waals surface area contributed by atoms with Gasteiger partial charge in [0.1, 0.15) is 13.2 Å². The van der Waals surface area contributed by atoms with Crippen LogP contribution in [0.25, 0.3) is 0 Å². The van der Waals surface area contributed by atoms with Gasteiger partial charge >= 0.3 is 11.9 Å². The number of carboxylic acid groups (broad SMARTS) is 1. The molecule has 0 spiro atoms. The lowest BCUT2D eigenvalue weighted by molar-refractivity contribution is -0.154. The van der Waals surface area contributed by atoms with Gasteiger partial charge in [0.05, 0.1) is 6.10 Å². The zero-order valence-corrected chi connectivity index (χ0v) is 24.7. The first-order chi connectivity index (χ1) is 19.4. The van der Waals surface area contributed by atoms with Crippen LogP contribution in [0.1, 0.15) is 85.5 Å². The fraction of sp³-hybridized carbons (Fsp3) is 0.742. The molecule has 41 heavy (non-hydrogen) atoms. The summed E-state index contributed by atoms with van der Waals surface area (Å²) in [5.74, 6) is -0.835. The molecule has 228 valence electrons. The molecule has 3 fully saturated rings. The molecule has 0 heterocycles. The topological polar surface area (TPSA) is 157 Å². The van der Waals surface area contributed by atoms with Crippen molar-refractivity contribution in [3.8, 4) is 0 Å². The van der Waals surface area contributed by atoms with Gasteiger partial charge in [0.15, 0.2) is 16.9 Å². The summed E-state index contributed by atoms with van der Waals surface area (Å²) in [6.45, 7) is 8.09. The number of ether oxygens (including phenoxy) is 1. The van der Waals surface area contributed by atoms with Gasteiger partial charge in [0.2, 0.25) is 0 Å². The first kappa shape index (κ1) is 32.6. The number of carbonyl (C=O) groups excluding carboxylic acids is 3. The van der Waals surface area contributed by atoms with Gasteiger partial charge in [-0.15, -0.1) is 4.91 Å². The van der Waals surface area contributed by atoms with Crippen molar-refractivity contribution in [2.75, 3.05) is 13.2 Å². The highest BCUT2D eigenvalue weighted by molar-refractivity contribution is 6.01. The summed E-state index contributed by atoms with van der Waals surface area (Å²) in [5.41, 5.74) is 0.420. The number of Topliss-reactive ketones (excluding diaryl/α,β-unsaturated/α-hetero) is 1. The molecule has 0 amide bonds. The van der Waals surface area contributed by atoms with Gasteiger partial charge in [-0.05, 0) is 73.8 Å². The first-order valence-electron chi connectivity index (χ1n) is 14.9. The Labute approximate surface area is 241 Å². The average Bonchev–Trinajstić information content (AvgIpc) is 3.18. The first-order valence-corrected chi connectivity index (χ1v) is 14.9. The Morgan fingerprint density at radius 1 is 1.17 bits per heavy atom. The molecule has 0 aromatic heterocycles. The van der Waals surface area contributed by atoms with E-state index in [0.717, 1.165) is 37.7 Å². The predicted molar refractivity (Wildman–Crippen MR) is 150 cm³/mol. The van der Waals surface area contributed by atoms with Gasteiger partial charge in [0.25, 0.3) is 0 Å². The quantitative estimate of drug-likeness (QED) is 0.150. The van der Waals surface area contributed by atoms with Crippen molar-refractivity contribution in [2.24, 2.45) is 45.8 Å². The third-order valence-electron chi connectivity index (χ3n) is 9.97. The average molecular weight is 576 g/mol. The molecule has 0 aromatic rings. The van der Waals surface area contributed by atoms with Crippen LogP contribution >= 0.6 is 0 Å². The molecule has 4 aliphatic carbocycles. The number of nitrogens with zero attached hydrogens (tertiary/aromatic N) is 1. The Hall–Kier alpha value is -2.88. The van der Waals surface area contributed by atoms with Crippen molar-refractivity contribution in [2.45, 2.75) is 91.6 Å². The summed E-state index contributed by atoms with van der Waals surface area (Å²) in [4.78, 5) is 61.3. The minimum absolute atomic E-state index is 0.0173. The van der Waals surface area contributed by atoms with E-state index in [1.54, 1.807) is 12.2 Å². The van der Waals surface area contributed by atoms with E-state index in [2.05, 4.69) is 30.9 Å². The van der Waals surface area contributed by atoms with Crippen molar-refractivity contribution < 1.29 is 39.0 Å². The van der Waals surface area contributed by atoms with E-state index in [1.807, 2.05) is 13.0 Å². The molecule has 10 nitrogen and oxygen atoms in total. The van der Waals surface area contributed by atoms with Crippen molar-refractivity contribution in [3.63, 3.8) is 0 Å². The Kier molecular flexibility index (Phi) is 11.0. The molecule has 0 radical (unpaired) electrons. The van der Waals surface area contributed by atoms with E-state index >= 15 is 0 Å². The van der Waals surface area contributed by atoms with Crippen LogP contribution in [0, 0.1) is 45.3 Å². The van der Waals surface area contributed by atoms with E-state index in [9.17, 15) is 29.2 Å². The van der Waals surface area contributed by atoms with Gasteiger partial charge in [-0.1, -0.05) is 45.8 Å². The molecule has 4 rings (SSSR count). The van der Waals surface area contributed by atoms with Gasteiger partial charge in [0, 0.05) is 30.1 Å². The fourth-order valence-electron chi connectivity index (χ4n) is 8.34. The Morgan fingerprint density at radius 3 is 2.54 bits per heavy atom. The van der Waals surface area contributed by atoms with Gasteiger partial charge < -0.3 is 19.8 Å². The highest BCUT2D eigenvalue weighted by Gasteiger charge is 2.64. The third kappa shape index (κ3) is 7.13. The van der Waals surface area contributed by atoms with Gasteiger partial charge in [-0.3, -0.25) is 19.2 Å². The van der Waals surface area contributed by atoms with E-state index in [0.29, 0.717) is 19.3 Å². The van der Waals surface area contributed by atoms with E-state index < -0.39 is 18.0 Å². The number of aliphatic carboxylic acids is 1. The SMILES string of the molecule is CC1CC2C3CCC4=CC(=O)C=CC4(C)C3C(O)CC2(C)C1C(=O)COC(=O)CCCON=O.CCCCC(=O)O. The monoisotopic (exact) mass is 575 g/mol. The number of hydrogen-bond donors (Lipinski definition) is 2. The summed E-state index contributed by atoms with van der Waals surface area (Å²) in [6.07, 6.45) is 10.4. The molecule has 2 N–H and O–H groups in total. The summed E-state index contributed by atoms with van der Waals surface area (Å²) < 4.78 is 5.24. The second kappa shape index (κ2) is 13.9. The number of hydrogen-bond acceptors (Lipinski definition) is 9. The van der Waals surface area contributed by atoms with Crippen molar-refractivity contribution in [1.82, 2.24) is 0 Å². The number of aliphatic hydroxyl groups excluding tert-OH is 1. The number of ketones is 2. The molecule has 0 bridgehead atoms. The maximum atomic E-state index is 13.3. The van der Waals surface area contributed by atoms with Crippen LogP contribution in [0.3, 0.4) is 0 Å². The Bertz CT molecular complexity index is 1070. The lowest BCUT2D eigenvalue weighted by Gasteiger charge is -2.58. The molecule has 10 heteroatoms. The van der Waals surface area contributed by atoms with Crippen LogP contribution < -0.4 is 0 Å². The zero-order valence-electron chi connectivity index (χ0n) is 24.7. The molecule has 8 atom stereocenters. The Balaban J connectivity index is 0.000000587. The molecule has 0 aliphatic heterocycles. The van der Waals surface area contributed by atoms with Crippen molar-refractivity contribution in [3.05, 3.63) is 28.7 Å². The van der Waals surface area contributed by atoms with E-state index in [4.69, 9.17) is 9.84 Å². The molecule has 3 saturated carbocycles. The number of unbranched alkanes of at least 4 members (excludes halogenated alkanes) is 1.